The van der Waals surface area contributed by atoms with Crippen LogP contribution in [0, 0.1) is 0 Å². The van der Waals surface area contributed by atoms with Gasteiger partial charge in [-0.1, -0.05) is 36.4 Å². The van der Waals surface area contributed by atoms with Crippen LogP contribution in [0.2, 0.25) is 0 Å². The molecular formula is C28H35F2N4O8P. The van der Waals surface area contributed by atoms with E-state index in [1.54, 1.807) is 50.2 Å². The lowest BCUT2D eigenvalue weighted by molar-refractivity contribution is -0.149. The van der Waals surface area contributed by atoms with E-state index in [1.165, 1.54) is 19.1 Å². The first kappa shape index (κ1) is 32.5. The molecule has 2 unspecified atom stereocenters. The summed E-state index contributed by atoms with van der Waals surface area (Å²) >= 11 is 0. The van der Waals surface area contributed by atoms with Gasteiger partial charge in [-0.3, -0.25) is 13.9 Å². The van der Waals surface area contributed by atoms with Crippen LogP contribution in [0.4, 0.5) is 14.6 Å². The Hall–Kier alpha value is -3.42. The number of nitrogens with zero attached hydrogens (tertiary/aromatic N) is 2. The third-order valence-electron chi connectivity index (χ3n) is 6.33. The van der Waals surface area contributed by atoms with E-state index in [-0.39, 0.29) is 17.6 Å². The molecule has 1 aliphatic rings. The van der Waals surface area contributed by atoms with Gasteiger partial charge in [0.1, 0.15) is 23.7 Å². The molecule has 3 aromatic rings. The molecule has 0 radical (unpaired) electrons. The second kappa shape index (κ2) is 13.1. The monoisotopic (exact) mass is 624 g/mol. The largest absolute Gasteiger partial charge is 0.462 e. The van der Waals surface area contributed by atoms with Gasteiger partial charge in [0.2, 0.25) is 6.23 Å². The van der Waals surface area contributed by atoms with E-state index >= 15 is 8.78 Å². The normalized spacial score (nSPS) is 22.0. The van der Waals surface area contributed by atoms with Gasteiger partial charge in [-0.25, -0.2) is 9.36 Å². The maximum absolute atomic E-state index is 15.2. The van der Waals surface area contributed by atoms with Crippen LogP contribution in [0.1, 0.15) is 40.8 Å². The number of nitrogens with one attached hydrogen (secondary N) is 2. The Morgan fingerprint density at radius 3 is 2.51 bits per heavy atom. The number of halogens is 2. The minimum absolute atomic E-state index is 0.0642. The fraction of sp³-hybridized carbons (Fsp3) is 0.464. The molecule has 1 fully saturated rings. The number of rotatable bonds is 12. The summed E-state index contributed by atoms with van der Waals surface area (Å²) in [5.41, 5.74) is -1.03. The van der Waals surface area contributed by atoms with Crippen LogP contribution in [-0.4, -0.2) is 63.6 Å². The Morgan fingerprint density at radius 2 is 1.84 bits per heavy atom. The highest BCUT2D eigenvalue weighted by Gasteiger charge is 2.60. The number of benzene rings is 2. The number of aliphatic hydroxyl groups is 1. The molecule has 0 aliphatic carbocycles. The van der Waals surface area contributed by atoms with Crippen molar-refractivity contribution in [2.45, 2.75) is 77.2 Å². The molecule has 0 saturated carbocycles. The molecule has 43 heavy (non-hydrogen) atoms. The molecule has 15 heteroatoms. The van der Waals surface area contributed by atoms with Crippen molar-refractivity contribution in [2.24, 2.45) is 0 Å². The van der Waals surface area contributed by atoms with Crippen LogP contribution < -0.4 is 20.6 Å². The number of fused-ring (bicyclic) bond motifs is 1. The highest BCUT2D eigenvalue weighted by Crippen LogP contribution is 2.49. The molecule has 0 spiro atoms. The smallest absolute Gasteiger partial charge is 0.459 e. The second-order valence-corrected chi connectivity index (χ2v) is 12.3. The van der Waals surface area contributed by atoms with Crippen molar-refractivity contribution in [3.63, 3.8) is 0 Å². The van der Waals surface area contributed by atoms with E-state index in [9.17, 15) is 19.3 Å². The number of hydrogen-bond donors (Lipinski definition) is 3. The molecule has 5 atom stereocenters. The number of hydrogen-bond acceptors (Lipinski definition) is 10. The van der Waals surface area contributed by atoms with E-state index in [4.69, 9.17) is 18.5 Å². The van der Waals surface area contributed by atoms with Crippen molar-refractivity contribution in [3.05, 3.63) is 65.2 Å². The fourth-order valence-corrected chi connectivity index (χ4v) is 5.89. The van der Waals surface area contributed by atoms with E-state index in [0.29, 0.717) is 9.95 Å². The molecule has 0 bridgehead atoms. The lowest BCUT2D eigenvalue weighted by Crippen LogP contribution is -2.42. The van der Waals surface area contributed by atoms with Crippen LogP contribution >= 0.6 is 7.75 Å². The highest BCUT2D eigenvalue weighted by molar-refractivity contribution is 7.52. The Bertz CT molecular complexity index is 1550. The van der Waals surface area contributed by atoms with E-state index < -0.39 is 62.5 Å². The number of aromatic nitrogens is 2. The summed E-state index contributed by atoms with van der Waals surface area (Å²) in [6, 6.07) is 12.1. The maximum Gasteiger partial charge on any atom is 0.459 e. The first-order valence-corrected chi connectivity index (χ1v) is 15.2. The summed E-state index contributed by atoms with van der Waals surface area (Å²) in [6.45, 7) is 7.41. The van der Waals surface area contributed by atoms with Gasteiger partial charge in [-0.05, 0) is 52.1 Å². The number of esters is 1. The van der Waals surface area contributed by atoms with Crippen molar-refractivity contribution in [1.29, 1.82) is 0 Å². The third-order valence-corrected chi connectivity index (χ3v) is 7.96. The van der Waals surface area contributed by atoms with E-state index in [2.05, 4.69) is 15.4 Å². The second-order valence-electron chi connectivity index (χ2n) is 10.6. The van der Waals surface area contributed by atoms with Crippen molar-refractivity contribution >= 4 is 30.3 Å². The number of carbonyl (C=O) groups is 1. The molecule has 1 aliphatic heterocycles. The number of alkyl halides is 2. The van der Waals surface area contributed by atoms with Crippen LogP contribution in [-0.2, 0) is 23.4 Å². The zero-order valence-corrected chi connectivity index (χ0v) is 25.2. The van der Waals surface area contributed by atoms with Gasteiger partial charge in [0, 0.05) is 17.6 Å². The lowest BCUT2D eigenvalue weighted by atomic mass is 10.1. The Kier molecular flexibility index (Phi) is 9.87. The average molecular weight is 625 g/mol. The first-order valence-electron chi connectivity index (χ1n) is 13.7. The van der Waals surface area contributed by atoms with Crippen molar-refractivity contribution in [3.8, 4) is 5.75 Å². The number of carbonyl (C=O) groups excluding carboxylic acids is 1. The van der Waals surface area contributed by atoms with Crippen LogP contribution in [0.3, 0.4) is 0 Å². The first-order chi connectivity index (χ1) is 20.2. The van der Waals surface area contributed by atoms with Crippen LogP contribution in [0.5, 0.6) is 5.75 Å². The molecule has 234 valence electrons. The number of anilines is 1. The van der Waals surface area contributed by atoms with Gasteiger partial charge < -0.3 is 24.4 Å². The zero-order chi connectivity index (χ0) is 31.5. The topological polar surface area (TPSA) is 150 Å². The van der Waals surface area contributed by atoms with Crippen LogP contribution in [0.15, 0.2) is 59.5 Å². The molecular weight excluding hydrogens is 589 g/mol. The maximum atomic E-state index is 15.2. The number of ether oxygens (including phenoxy) is 2. The van der Waals surface area contributed by atoms with Gasteiger partial charge in [0.25, 0.3) is 0 Å². The van der Waals surface area contributed by atoms with E-state index in [0.717, 1.165) is 11.6 Å². The summed E-state index contributed by atoms with van der Waals surface area (Å²) in [6.07, 6.45) is -5.82. The molecule has 0 amide bonds. The van der Waals surface area contributed by atoms with Gasteiger partial charge in [-0.2, -0.15) is 18.9 Å². The van der Waals surface area contributed by atoms with Gasteiger partial charge >= 0.3 is 25.3 Å². The van der Waals surface area contributed by atoms with Crippen molar-refractivity contribution in [1.82, 2.24) is 14.6 Å². The molecule has 2 aromatic carbocycles. The molecule has 4 rings (SSSR count). The van der Waals surface area contributed by atoms with Gasteiger partial charge in [0.05, 0.1) is 12.7 Å². The number of aliphatic hydroxyl groups excluding tert-OH is 1. The molecule has 3 N–H and O–H groups in total. The zero-order valence-electron chi connectivity index (χ0n) is 24.3. The quantitative estimate of drug-likeness (QED) is 0.196. The molecule has 1 saturated heterocycles. The summed E-state index contributed by atoms with van der Waals surface area (Å²) in [7, 11) is -4.52. The summed E-state index contributed by atoms with van der Waals surface area (Å²) in [5.74, 6) is -4.40. The summed E-state index contributed by atoms with van der Waals surface area (Å²) in [4.78, 5) is 28.8. The standard InChI is InChI=1S/C28H35F2N4O8P/c1-16(2)31-23-13-14-34(27(37)32-23)26-28(29,30)24(35)22(41-26)15-39-43(38,33-18(5)25(36)40-17(3)4)42-21-12-8-10-19-9-6-7-11-20(19)21/h6-14,16-18,22,24,26,35H,15H2,1-5H3,(H,33,38)(H,31,32,37)/t18?,22-,24-,26-,43?/m1/s1. The van der Waals surface area contributed by atoms with Crippen molar-refractivity contribution in [2.75, 3.05) is 11.9 Å². The highest BCUT2D eigenvalue weighted by atomic mass is 31.2. The minimum atomic E-state index is -4.52. The summed E-state index contributed by atoms with van der Waals surface area (Å²) < 4.78 is 66.8. The van der Waals surface area contributed by atoms with Crippen LogP contribution in [0.25, 0.3) is 10.8 Å². The van der Waals surface area contributed by atoms with E-state index in [1.807, 2.05) is 13.8 Å². The third kappa shape index (κ3) is 7.57. The Balaban J connectivity index is 1.58. The van der Waals surface area contributed by atoms with Gasteiger partial charge in [-0.15, -0.1) is 0 Å². The fourth-order valence-electron chi connectivity index (χ4n) is 4.36. The predicted molar refractivity (Wildman–Crippen MR) is 154 cm³/mol. The minimum Gasteiger partial charge on any atom is -0.462 e. The Morgan fingerprint density at radius 1 is 1.14 bits per heavy atom. The SMILES string of the molecule is CC(C)Nc1ccn([C@@H]2O[C@H](COP(=O)(NC(C)C(=O)OC(C)C)Oc3cccc4ccccc34)[C@@H](O)C2(F)F)c(=O)n1. The van der Waals surface area contributed by atoms with Crippen molar-refractivity contribution < 1.29 is 41.8 Å². The molecule has 12 nitrogen and oxygen atoms in total. The predicted octanol–water partition coefficient (Wildman–Crippen LogP) is 4.24. The lowest BCUT2D eigenvalue weighted by Gasteiger charge is -2.25. The Labute approximate surface area is 246 Å². The summed E-state index contributed by atoms with van der Waals surface area (Å²) in [5, 5.41) is 17.2. The van der Waals surface area contributed by atoms with Gasteiger partial charge in [0.15, 0.2) is 6.10 Å². The average Bonchev–Trinajstić information content (AvgIpc) is 3.15. The molecule has 1 aromatic heterocycles. The molecule has 2 heterocycles.